The van der Waals surface area contributed by atoms with E-state index in [0.29, 0.717) is 16.1 Å². The van der Waals surface area contributed by atoms with Crippen LogP contribution in [0.3, 0.4) is 0 Å². The molecule has 2 rings (SSSR count). The molecule has 100 valence electrons. The van der Waals surface area contributed by atoms with Crippen molar-refractivity contribution in [1.82, 2.24) is 0 Å². The van der Waals surface area contributed by atoms with Crippen LogP contribution in [0.15, 0.2) is 18.2 Å². The van der Waals surface area contributed by atoms with E-state index < -0.39 is 0 Å². The van der Waals surface area contributed by atoms with E-state index in [-0.39, 0.29) is 0 Å². The molecule has 0 spiro atoms. The molecule has 1 aliphatic rings. The van der Waals surface area contributed by atoms with Crippen molar-refractivity contribution in [3.05, 3.63) is 28.2 Å². The fourth-order valence-corrected chi connectivity index (χ4v) is 2.81. The van der Waals surface area contributed by atoms with E-state index in [0.717, 1.165) is 17.5 Å². The van der Waals surface area contributed by atoms with Crippen molar-refractivity contribution in [2.45, 2.75) is 45.6 Å². The van der Waals surface area contributed by atoms with Gasteiger partial charge in [0.05, 0.1) is 0 Å². The number of hydrogen-bond donors (Lipinski definition) is 1. The summed E-state index contributed by atoms with van der Waals surface area (Å²) < 4.78 is 0. The highest BCUT2D eigenvalue weighted by molar-refractivity contribution is 6.35. The molecule has 1 aliphatic carbocycles. The summed E-state index contributed by atoms with van der Waals surface area (Å²) in [5, 5.41) is 5.00. The number of nitrogens with one attached hydrogen (secondary N) is 1. The summed E-state index contributed by atoms with van der Waals surface area (Å²) in [7, 11) is 0. The van der Waals surface area contributed by atoms with Gasteiger partial charge in [-0.25, -0.2) is 0 Å². The molecule has 3 heteroatoms. The summed E-state index contributed by atoms with van der Waals surface area (Å²) in [6.07, 6.45) is 5.20. The lowest BCUT2D eigenvalue weighted by Gasteiger charge is -2.21. The fourth-order valence-electron chi connectivity index (χ4n) is 2.29. The minimum atomic E-state index is 0.571. The molecule has 1 nitrogen and oxygen atoms in total. The predicted molar refractivity (Wildman–Crippen MR) is 80.7 cm³/mol. The second-order valence-electron chi connectivity index (χ2n) is 5.72. The normalized spacial score (nSPS) is 16.9. The lowest BCUT2D eigenvalue weighted by atomic mass is 10.00. The fraction of sp³-hybridized carbons (Fsp3) is 0.600. The Morgan fingerprint density at radius 3 is 2.22 bits per heavy atom. The zero-order valence-corrected chi connectivity index (χ0v) is 12.6. The molecule has 1 atom stereocenters. The van der Waals surface area contributed by atoms with E-state index in [1.807, 2.05) is 12.1 Å². The average molecular weight is 286 g/mol. The Morgan fingerprint density at radius 2 is 1.72 bits per heavy atom. The Labute approximate surface area is 120 Å². The van der Waals surface area contributed by atoms with Gasteiger partial charge in [-0.05, 0) is 55.7 Å². The summed E-state index contributed by atoms with van der Waals surface area (Å²) in [6, 6.07) is 6.26. The SMILES string of the molecule is CC(C)CCC(Nc1cc(Cl)cc(Cl)c1)C1CC1. The summed E-state index contributed by atoms with van der Waals surface area (Å²) in [4.78, 5) is 0. The van der Waals surface area contributed by atoms with Crippen molar-refractivity contribution in [2.24, 2.45) is 11.8 Å². The Morgan fingerprint density at radius 1 is 1.11 bits per heavy atom. The highest BCUT2D eigenvalue weighted by atomic mass is 35.5. The van der Waals surface area contributed by atoms with E-state index in [1.165, 1.54) is 25.7 Å². The first-order valence-electron chi connectivity index (χ1n) is 6.77. The first-order chi connectivity index (χ1) is 8.54. The summed E-state index contributed by atoms with van der Waals surface area (Å²) in [5.41, 5.74) is 1.05. The molecule has 1 aromatic carbocycles. The lowest BCUT2D eigenvalue weighted by Crippen LogP contribution is -2.22. The van der Waals surface area contributed by atoms with Gasteiger partial charge in [0, 0.05) is 21.8 Å². The first-order valence-corrected chi connectivity index (χ1v) is 7.53. The van der Waals surface area contributed by atoms with Gasteiger partial charge < -0.3 is 5.32 Å². The molecule has 0 heterocycles. The van der Waals surface area contributed by atoms with Crippen molar-refractivity contribution in [3.63, 3.8) is 0 Å². The summed E-state index contributed by atoms with van der Waals surface area (Å²) >= 11 is 12.1. The third-order valence-corrected chi connectivity index (χ3v) is 3.90. The molecule has 0 aromatic heterocycles. The zero-order valence-electron chi connectivity index (χ0n) is 11.0. The largest absolute Gasteiger partial charge is 0.382 e. The Kier molecular flexibility index (Phi) is 4.80. The Bertz CT molecular complexity index is 379. The topological polar surface area (TPSA) is 12.0 Å². The molecule has 1 unspecified atom stereocenters. The Hall–Kier alpha value is -0.400. The monoisotopic (exact) mass is 285 g/mol. The van der Waals surface area contributed by atoms with Crippen LogP contribution >= 0.6 is 23.2 Å². The molecule has 1 saturated carbocycles. The van der Waals surface area contributed by atoms with Gasteiger partial charge in [0.15, 0.2) is 0 Å². The highest BCUT2D eigenvalue weighted by Gasteiger charge is 2.30. The third kappa shape index (κ3) is 4.37. The van der Waals surface area contributed by atoms with Crippen LogP contribution in [0.5, 0.6) is 0 Å². The molecular formula is C15H21Cl2N. The first kappa shape index (κ1) is 14.0. The van der Waals surface area contributed by atoms with Crippen molar-refractivity contribution in [3.8, 4) is 0 Å². The number of rotatable bonds is 6. The summed E-state index contributed by atoms with van der Waals surface area (Å²) in [5.74, 6) is 1.59. The molecule has 0 bridgehead atoms. The predicted octanol–water partition coefficient (Wildman–Crippen LogP) is 5.62. The van der Waals surface area contributed by atoms with E-state index in [9.17, 15) is 0 Å². The number of hydrogen-bond acceptors (Lipinski definition) is 1. The van der Waals surface area contributed by atoms with Crippen LogP contribution in [0.4, 0.5) is 5.69 Å². The van der Waals surface area contributed by atoms with Crippen LogP contribution in [-0.2, 0) is 0 Å². The number of anilines is 1. The molecule has 0 radical (unpaired) electrons. The third-order valence-electron chi connectivity index (χ3n) is 3.46. The van der Waals surface area contributed by atoms with E-state index in [2.05, 4.69) is 19.2 Å². The van der Waals surface area contributed by atoms with Gasteiger partial charge in [0.2, 0.25) is 0 Å². The maximum atomic E-state index is 6.03. The number of halogens is 2. The van der Waals surface area contributed by atoms with Crippen LogP contribution in [0, 0.1) is 11.8 Å². The molecule has 1 aromatic rings. The second kappa shape index (κ2) is 6.16. The van der Waals surface area contributed by atoms with Crippen LogP contribution in [0.1, 0.15) is 39.5 Å². The average Bonchev–Trinajstić information content (AvgIpc) is 3.06. The maximum absolute atomic E-state index is 6.03. The van der Waals surface area contributed by atoms with E-state index >= 15 is 0 Å². The smallest absolute Gasteiger partial charge is 0.0441 e. The van der Waals surface area contributed by atoms with Gasteiger partial charge in [-0.2, -0.15) is 0 Å². The maximum Gasteiger partial charge on any atom is 0.0441 e. The van der Waals surface area contributed by atoms with Gasteiger partial charge in [-0.1, -0.05) is 37.0 Å². The Balaban J connectivity index is 1.99. The second-order valence-corrected chi connectivity index (χ2v) is 6.59. The molecule has 18 heavy (non-hydrogen) atoms. The van der Waals surface area contributed by atoms with Crippen LogP contribution in [0.25, 0.3) is 0 Å². The van der Waals surface area contributed by atoms with Crippen molar-refractivity contribution in [2.75, 3.05) is 5.32 Å². The van der Waals surface area contributed by atoms with Gasteiger partial charge in [0.1, 0.15) is 0 Å². The molecule has 1 fully saturated rings. The quantitative estimate of drug-likeness (QED) is 0.715. The van der Waals surface area contributed by atoms with Gasteiger partial charge in [-0.3, -0.25) is 0 Å². The van der Waals surface area contributed by atoms with E-state index in [1.54, 1.807) is 6.07 Å². The van der Waals surface area contributed by atoms with Crippen molar-refractivity contribution in [1.29, 1.82) is 0 Å². The van der Waals surface area contributed by atoms with Gasteiger partial charge in [0.25, 0.3) is 0 Å². The lowest BCUT2D eigenvalue weighted by molar-refractivity contribution is 0.486. The molecular weight excluding hydrogens is 265 g/mol. The molecule has 0 amide bonds. The minimum absolute atomic E-state index is 0.571. The standard InChI is InChI=1S/C15H21Cl2N/c1-10(2)3-6-15(11-4-5-11)18-14-8-12(16)7-13(17)9-14/h7-11,15,18H,3-6H2,1-2H3. The molecule has 0 aliphatic heterocycles. The highest BCUT2D eigenvalue weighted by Crippen LogP contribution is 2.37. The summed E-state index contributed by atoms with van der Waals surface area (Å²) in [6.45, 7) is 4.56. The van der Waals surface area contributed by atoms with Crippen LogP contribution in [-0.4, -0.2) is 6.04 Å². The van der Waals surface area contributed by atoms with Crippen LogP contribution < -0.4 is 5.32 Å². The molecule has 1 N–H and O–H groups in total. The number of benzene rings is 1. The van der Waals surface area contributed by atoms with Gasteiger partial charge >= 0.3 is 0 Å². The van der Waals surface area contributed by atoms with Crippen molar-refractivity contribution >= 4 is 28.9 Å². The van der Waals surface area contributed by atoms with Crippen LogP contribution in [0.2, 0.25) is 10.0 Å². The van der Waals surface area contributed by atoms with E-state index in [4.69, 9.17) is 23.2 Å². The minimum Gasteiger partial charge on any atom is -0.382 e. The zero-order chi connectivity index (χ0) is 13.1. The van der Waals surface area contributed by atoms with Crippen molar-refractivity contribution < 1.29 is 0 Å². The van der Waals surface area contributed by atoms with Gasteiger partial charge in [-0.15, -0.1) is 0 Å². The molecule has 0 saturated heterocycles.